The van der Waals surface area contributed by atoms with Crippen molar-refractivity contribution in [1.82, 2.24) is 10.2 Å². The second-order valence-electron chi connectivity index (χ2n) is 7.71. The molecule has 3 aromatic carbocycles. The highest BCUT2D eigenvalue weighted by molar-refractivity contribution is 5.89. The molecular weight excluding hydrogens is 388 g/mol. The van der Waals surface area contributed by atoms with Crippen LogP contribution in [0.1, 0.15) is 6.92 Å². The van der Waals surface area contributed by atoms with E-state index in [0.29, 0.717) is 13.2 Å². The summed E-state index contributed by atoms with van der Waals surface area (Å²) in [6, 6.07) is 22.0. The third-order valence-corrected chi connectivity index (χ3v) is 5.69. The van der Waals surface area contributed by atoms with E-state index in [0.717, 1.165) is 49.5 Å². The zero-order valence-corrected chi connectivity index (χ0v) is 18.0. The van der Waals surface area contributed by atoms with E-state index in [2.05, 4.69) is 51.6 Å². The van der Waals surface area contributed by atoms with Crippen LogP contribution in [-0.2, 0) is 0 Å². The highest BCUT2D eigenvalue weighted by Gasteiger charge is 2.15. The summed E-state index contributed by atoms with van der Waals surface area (Å²) in [5, 5.41) is 8.04. The van der Waals surface area contributed by atoms with Crippen LogP contribution in [0.5, 0.6) is 5.75 Å². The number of hydrogen-bond acceptors (Lipinski definition) is 4. The fourth-order valence-corrected chi connectivity index (χ4v) is 3.84. The Morgan fingerprint density at radius 1 is 0.935 bits per heavy atom. The van der Waals surface area contributed by atoms with Crippen molar-refractivity contribution in [3.8, 4) is 5.75 Å². The molecule has 0 atom stereocenters. The molecule has 1 saturated heterocycles. The SMILES string of the molecule is CCN1CCN(c2ccc(NC(=O)NCCOc3ccc4ccccc4c3)cc2)CC1. The van der Waals surface area contributed by atoms with E-state index in [1.807, 2.05) is 42.5 Å². The third kappa shape index (κ3) is 5.67. The van der Waals surface area contributed by atoms with Gasteiger partial charge in [-0.2, -0.15) is 0 Å². The Hall–Kier alpha value is -3.25. The number of carbonyl (C=O) groups excluding carboxylic acids is 1. The van der Waals surface area contributed by atoms with E-state index in [-0.39, 0.29) is 6.03 Å². The van der Waals surface area contributed by atoms with Gasteiger partial charge >= 0.3 is 6.03 Å². The van der Waals surface area contributed by atoms with Gasteiger partial charge in [0.05, 0.1) is 6.54 Å². The molecule has 1 fully saturated rings. The Kier molecular flexibility index (Phi) is 6.89. The van der Waals surface area contributed by atoms with Crippen LogP contribution in [-0.4, -0.2) is 56.8 Å². The first-order valence-electron chi connectivity index (χ1n) is 10.9. The van der Waals surface area contributed by atoms with E-state index >= 15 is 0 Å². The van der Waals surface area contributed by atoms with Crippen molar-refractivity contribution in [3.63, 3.8) is 0 Å². The molecule has 1 aliphatic heterocycles. The summed E-state index contributed by atoms with van der Waals surface area (Å²) < 4.78 is 5.76. The molecule has 1 heterocycles. The van der Waals surface area contributed by atoms with Crippen molar-refractivity contribution in [2.24, 2.45) is 0 Å². The van der Waals surface area contributed by atoms with Crippen LogP contribution in [0.15, 0.2) is 66.7 Å². The predicted molar refractivity (Wildman–Crippen MR) is 127 cm³/mol. The monoisotopic (exact) mass is 418 g/mol. The first kappa shape index (κ1) is 21.0. The molecule has 2 N–H and O–H groups in total. The van der Waals surface area contributed by atoms with Gasteiger partial charge in [0, 0.05) is 37.6 Å². The van der Waals surface area contributed by atoms with Crippen LogP contribution in [0.25, 0.3) is 10.8 Å². The fourth-order valence-electron chi connectivity index (χ4n) is 3.84. The molecule has 6 nitrogen and oxygen atoms in total. The maximum absolute atomic E-state index is 12.2. The average Bonchev–Trinajstić information content (AvgIpc) is 2.82. The van der Waals surface area contributed by atoms with Crippen LogP contribution in [0.4, 0.5) is 16.2 Å². The highest BCUT2D eigenvalue weighted by Crippen LogP contribution is 2.21. The Morgan fingerprint density at radius 2 is 1.68 bits per heavy atom. The van der Waals surface area contributed by atoms with E-state index < -0.39 is 0 Å². The van der Waals surface area contributed by atoms with Gasteiger partial charge in [-0.15, -0.1) is 0 Å². The lowest BCUT2D eigenvalue weighted by Gasteiger charge is -2.35. The summed E-state index contributed by atoms with van der Waals surface area (Å²) in [4.78, 5) is 17.0. The van der Waals surface area contributed by atoms with Crippen molar-refractivity contribution in [3.05, 3.63) is 66.7 Å². The molecule has 1 aliphatic rings. The molecule has 6 heteroatoms. The second kappa shape index (κ2) is 10.2. The number of amides is 2. The summed E-state index contributed by atoms with van der Waals surface area (Å²) in [6.45, 7) is 8.43. The Bertz CT molecular complexity index is 998. The normalized spacial score (nSPS) is 14.4. The number of rotatable bonds is 7. The number of anilines is 2. The Labute approximate surface area is 183 Å². The quantitative estimate of drug-likeness (QED) is 0.565. The largest absolute Gasteiger partial charge is 0.492 e. The lowest BCUT2D eigenvalue weighted by molar-refractivity contribution is 0.247. The van der Waals surface area contributed by atoms with Crippen molar-refractivity contribution in [2.75, 3.05) is 56.1 Å². The van der Waals surface area contributed by atoms with Crippen molar-refractivity contribution < 1.29 is 9.53 Å². The first-order valence-corrected chi connectivity index (χ1v) is 10.9. The number of carbonyl (C=O) groups is 1. The summed E-state index contributed by atoms with van der Waals surface area (Å²) >= 11 is 0. The lowest BCUT2D eigenvalue weighted by atomic mass is 10.1. The molecule has 0 unspecified atom stereocenters. The molecule has 4 rings (SSSR count). The van der Waals surface area contributed by atoms with E-state index in [4.69, 9.17) is 4.74 Å². The van der Waals surface area contributed by atoms with Crippen LogP contribution < -0.4 is 20.3 Å². The molecule has 0 aromatic heterocycles. The number of piperazine rings is 1. The first-order chi connectivity index (χ1) is 15.2. The van der Waals surface area contributed by atoms with Crippen LogP contribution in [0.3, 0.4) is 0 Å². The number of fused-ring (bicyclic) bond motifs is 1. The standard InChI is InChI=1S/C25H30N4O2/c1-2-28-14-16-29(17-15-28)23-10-8-22(9-11-23)27-25(30)26-13-18-31-24-12-7-20-5-3-4-6-21(20)19-24/h3-12,19H,2,13-18H2,1H3,(H2,26,27,30). The zero-order chi connectivity index (χ0) is 21.5. The maximum atomic E-state index is 12.2. The van der Waals surface area contributed by atoms with Gasteiger partial charge in [-0.1, -0.05) is 37.3 Å². The zero-order valence-electron chi connectivity index (χ0n) is 18.0. The molecular formula is C25H30N4O2. The fraction of sp³-hybridized carbons (Fsp3) is 0.320. The van der Waals surface area contributed by atoms with Gasteiger partial charge < -0.3 is 25.2 Å². The number of urea groups is 1. The number of nitrogens with one attached hydrogen (secondary N) is 2. The Balaban J connectivity index is 1.19. The summed E-state index contributed by atoms with van der Waals surface area (Å²) in [5.41, 5.74) is 1.98. The smallest absolute Gasteiger partial charge is 0.319 e. The lowest BCUT2D eigenvalue weighted by Crippen LogP contribution is -2.46. The number of hydrogen-bond donors (Lipinski definition) is 2. The minimum absolute atomic E-state index is 0.230. The van der Waals surface area contributed by atoms with Gasteiger partial charge in [-0.3, -0.25) is 0 Å². The summed E-state index contributed by atoms with van der Waals surface area (Å²) in [5.74, 6) is 0.802. The Morgan fingerprint density at radius 3 is 2.42 bits per heavy atom. The number of benzene rings is 3. The van der Waals surface area contributed by atoms with Gasteiger partial charge in [-0.05, 0) is 53.7 Å². The number of likely N-dealkylation sites (N-methyl/N-ethyl adjacent to an activating group) is 1. The number of ether oxygens (including phenoxy) is 1. The molecule has 3 aromatic rings. The topological polar surface area (TPSA) is 56.8 Å². The van der Waals surface area contributed by atoms with E-state index in [9.17, 15) is 4.79 Å². The molecule has 0 spiro atoms. The maximum Gasteiger partial charge on any atom is 0.319 e. The van der Waals surface area contributed by atoms with E-state index in [1.54, 1.807) is 0 Å². The van der Waals surface area contributed by atoms with Gasteiger partial charge in [-0.25, -0.2) is 4.79 Å². The highest BCUT2D eigenvalue weighted by atomic mass is 16.5. The average molecular weight is 419 g/mol. The summed E-state index contributed by atoms with van der Waals surface area (Å²) in [6.07, 6.45) is 0. The van der Waals surface area contributed by atoms with Crippen molar-refractivity contribution >= 4 is 28.2 Å². The second-order valence-corrected chi connectivity index (χ2v) is 7.71. The van der Waals surface area contributed by atoms with Gasteiger partial charge in [0.25, 0.3) is 0 Å². The molecule has 2 amide bonds. The molecule has 0 aliphatic carbocycles. The molecule has 0 saturated carbocycles. The molecule has 31 heavy (non-hydrogen) atoms. The minimum Gasteiger partial charge on any atom is -0.492 e. The molecule has 0 radical (unpaired) electrons. The van der Waals surface area contributed by atoms with E-state index in [1.165, 1.54) is 11.1 Å². The van der Waals surface area contributed by atoms with Crippen LogP contribution in [0.2, 0.25) is 0 Å². The third-order valence-electron chi connectivity index (χ3n) is 5.69. The molecule has 0 bridgehead atoms. The van der Waals surface area contributed by atoms with Gasteiger partial charge in [0.1, 0.15) is 12.4 Å². The van der Waals surface area contributed by atoms with Crippen molar-refractivity contribution in [1.29, 1.82) is 0 Å². The van der Waals surface area contributed by atoms with Crippen LogP contribution in [0, 0.1) is 0 Å². The van der Waals surface area contributed by atoms with Crippen molar-refractivity contribution in [2.45, 2.75) is 6.92 Å². The van der Waals surface area contributed by atoms with Gasteiger partial charge in [0.2, 0.25) is 0 Å². The summed E-state index contributed by atoms with van der Waals surface area (Å²) in [7, 11) is 0. The number of nitrogens with zero attached hydrogens (tertiary/aromatic N) is 2. The van der Waals surface area contributed by atoms with Crippen LogP contribution >= 0.6 is 0 Å². The minimum atomic E-state index is -0.230. The van der Waals surface area contributed by atoms with Gasteiger partial charge in [0.15, 0.2) is 0 Å². The predicted octanol–water partition coefficient (Wildman–Crippen LogP) is 4.18. The molecule has 162 valence electrons.